The third-order valence-corrected chi connectivity index (χ3v) is 5.46. The van der Waals surface area contributed by atoms with Crippen molar-refractivity contribution in [2.45, 2.75) is 25.4 Å². The molecule has 2 N–H and O–H groups in total. The smallest absolute Gasteiger partial charge is 0.255 e. The van der Waals surface area contributed by atoms with Gasteiger partial charge in [-0.3, -0.25) is 9.59 Å². The van der Waals surface area contributed by atoms with Gasteiger partial charge in [0.25, 0.3) is 5.91 Å². The number of rotatable bonds is 4. The maximum absolute atomic E-state index is 12.4. The molecule has 7 nitrogen and oxygen atoms in total. The lowest BCUT2D eigenvalue weighted by molar-refractivity contribution is -0.132. The minimum absolute atomic E-state index is 0.0638. The lowest BCUT2D eigenvalue weighted by Gasteiger charge is -2.29. The highest BCUT2D eigenvalue weighted by atomic mass is 32.1. The van der Waals surface area contributed by atoms with Crippen LogP contribution in [0.25, 0.3) is 11.0 Å². The standard InChI is InChI=1S/C20H20N4O3S/c25-16-7-9-24(10-8-16)19(26)11-13-1-4-15(5-2-13)21-20(27)14-3-6-17-18(12-14)23-28-22-17/h1-6,12,16,25H,7-11H2,(H,21,27). The van der Waals surface area contributed by atoms with Crippen molar-refractivity contribution >= 4 is 40.3 Å². The summed E-state index contributed by atoms with van der Waals surface area (Å²) in [5.41, 5.74) is 3.56. The SMILES string of the molecule is O=C(Nc1ccc(CC(=O)N2CCC(O)CC2)cc1)c1ccc2nsnc2c1. The zero-order valence-electron chi connectivity index (χ0n) is 15.2. The van der Waals surface area contributed by atoms with E-state index in [1.54, 1.807) is 35.2 Å². The first-order valence-electron chi connectivity index (χ1n) is 9.17. The number of aliphatic hydroxyl groups excluding tert-OH is 1. The monoisotopic (exact) mass is 396 g/mol. The Hall–Kier alpha value is -2.84. The Morgan fingerprint density at radius 2 is 1.79 bits per heavy atom. The number of benzene rings is 2. The molecule has 1 aromatic heterocycles. The number of aromatic nitrogens is 2. The van der Waals surface area contributed by atoms with Crippen LogP contribution in [0.3, 0.4) is 0 Å². The zero-order chi connectivity index (χ0) is 19.5. The van der Waals surface area contributed by atoms with Crippen molar-refractivity contribution in [3.05, 3.63) is 53.6 Å². The molecule has 2 aromatic carbocycles. The first-order chi connectivity index (χ1) is 13.6. The van der Waals surface area contributed by atoms with Crippen LogP contribution in [0.2, 0.25) is 0 Å². The molecular weight excluding hydrogens is 376 g/mol. The number of anilines is 1. The number of fused-ring (bicyclic) bond motifs is 1. The third-order valence-electron chi connectivity index (χ3n) is 4.90. The molecule has 0 unspecified atom stereocenters. The predicted octanol–water partition coefficient (Wildman–Crippen LogP) is 2.47. The molecule has 144 valence electrons. The second-order valence-electron chi connectivity index (χ2n) is 6.91. The molecular formula is C20H20N4O3S. The van der Waals surface area contributed by atoms with Crippen LogP contribution >= 0.6 is 11.7 Å². The van der Waals surface area contributed by atoms with E-state index in [1.807, 2.05) is 12.1 Å². The number of carbonyl (C=O) groups is 2. The lowest BCUT2D eigenvalue weighted by Crippen LogP contribution is -2.40. The molecule has 0 aliphatic carbocycles. The highest BCUT2D eigenvalue weighted by Gasteiger charge is 2.21. The van der Waals surface area contributed by atoms with Gasteiger partial charge in [0.15, 0.2) is 0 Å². The van der Waals surface area contributed by atoms with E-state index in [4.69, 9.17) is 0 Å². The van der Waals surface area contributed by atoms with Crippen LogP contribution in [0.5, 0.6) is 0 Å². The van der Waals surface area contributed by atoms with Crippen molar-refractivity contribution in [3.63, 3.8) is 0 Å². The third kappa shape index (κ3) is 4.18. The molecule has 3 aromatic rings. The molecule has 0 spiro atoms. The first-order valence-corrected chi connectivity index (χ1v) is 9.90. The van der Waals surface area contributed by atoms with Gasteiger partial charge in [0, 0.05) is 24.3 Å². The zero-order valence-corrected chi connectivity index (χ0v) is 16.0. The normalized spacial score (nSPS) is 15.0. The molecule has 4 rings (SSSR count). The van der Waals surface area contributed by atoms with E-state index in [1.165, 1.54) is 0 Å². The fourth-order valence-corrected chi connectivity index (χ4v) is 3.75. The quantitative estimate of drug-likeness (QED) is 0.706. The molecule has 2 heterocycles. The molecule has 0 radical (unpaired) electrons. The second kappa shape index (κ2) is 8.04. The Morgan fingerprint density at radius 3 is 2.54 bits per heavy atom. The number of nitrogens with zero attached hydrogens (tertiary/aromatic N) is 3. The lowest BCUT2D eigenvalue weighted by atomic mass is 10.1. The molecule has 0 saturated carbocycles. The van der Waals surface area contributed by atoms with Crippen LogP contribution in [-0.4, -0.2) is 49.8 Å². The van der Waals surface area contributed by atoms with Gasteiger partial charge in [-0.1, -0.05) is 12.1 Å². The van der Waals surface area contributed by atoms with Crippen LogP contribution in [0, 0.1) is 0 Å². The van der Waals surface area contributed by atoms with Gasteiger partial charge in [0.1, 0.15) is 11.0 Å². The van der Waals surface area contributed by atoms with Gasteiger partial charge in [-0.25, -0.2) is 0 Å². The van der Waals surface area contributed by atoms with Crippen LogP contribution < -0.4 is 5.32 Å². The van der Waals surface area contributed by atoms with Crippen molar-refractivity contribution in [2.24, 2.45) is 0 Å². The Morgan fingerprint density at radius 1 is 1.07 bits per heavy atom. The van der Waals surface area contributed by atoms with E-state index < -0.39 is 0 Å². The van der Waals surface area contributed by atoms with Crippen LogP contribution in [0.4, 0.5) is 5.69 Å². The van der Waals surface area contributed by atoms with Gasteiger partial charge < -0.3 is 15.3 Å². The Balaban J connectivity index is 1.36. The van der Waals surface area contributed by atoms with E-state index in [-0.39, 0.29) is 17.9 Å². The number of hydrogen-bond donors (Lipinski definition) is 2. The highest BCUT2D eigenvalue weighted by Crippen LogP contribution is 2.17. The second-order valence-corrected chi connectivity index (χ2v) is 7.44. The summed E-state index contributed by atoms with van der Waals surface area (Å²) in [7, 11) is 0. The van der Waals surface area contributed by atoms with Crippen LogP contribution in [0.1, 0.15) is 28.8 Å². The Labute approximate surface area is 166 Å². The number of nitrogens with one attached hydrogen (secondary N) is 1. The minimum atomic E-state index is -0.292. The number of piperidine rings is 1. The predicted molar refractivity (Wildman–Crippen MR) is 107 cm³/mol. The fraction of sp³-hybridized carbons (Fsp3) is 0.300. The molecule has 28 heavy (non-hydrogen) atoms. The van der Waals surface area contributed by atoms with Gasteiger partial charge >= 0.3 is 0 Å². The number of carbonyl (C=O) groups excluding carboxylic acids is 2. The van der Waals surface area contributed by atoms with Crippen molar-refractivity contribution in [2.75, 3.05) is 18.4 Å². The largest absolute Gasteiger partial charge is 0.393 e. The number of amides is 2. The summed E-state index contributed by atoms with van der Waals surface area (Å²) in [6.07, 6.45) is 1.30. The molecule has 2 amide bonds. The van der Waals surface area contributed by atoms with Gasteiger partial charge in [-0.2, -0.15) is 8.75 Å². The van der Waals surface area contributed by atoms with E-state index in [0.29, 0.717) is 49.1 Å². The van der Waals surface area contributed by atoms with Crippen LogP contribution in [-0.2, 0) is 11.2 Å². The molecule has 1 saturated heterocycles. The summed E-state index contributed by atoms with van der Waals surface area (Å²) >= 11 is 1.12. The maximum Gasteiger partial charge on any atom is 0.255 e. The van der Waals surface area contributed by atoms with Gasteiger partial charge in [0.2, 0.25) is 5.91 Å². The maximum atomic E-state index is 12.4. The molecule has 0 atom stereocenters. The molecule has 1 aliphatic rings. The van der Waals surface area contributed by atoms with Crippen LogP contribution in [0.15, 0.2) is 42.5 Å². The Kier molecular flexibility index (Phi) is 5.31. The molecule has 1 fully saturated rings. The summed E-state index contributed by atoms with van der Waals surface area (Å²) in [5, 5.41) is 12.4. The average Bonchev–Trinajstić information content (AvgIpc) is 3.17. The molecule has 1 aliphatic heterocycles. The van der Waals surface area contributed by atoms with Gasteiger partial charge in [0.05, 0.1) is 24.3 Å². The summed E-state index contributed by atoms with van der Waals surface area (Å²) in [6, 6.07) is 12.5. The van der Waals surface area contributed by atoms with Crippen molar-refractivity contribution in [3.8, 4) is 0 Å². The van der Waals surface area contributed by atoms with Gasteiger partial charge in [-0.15, -0.1) is 0 Å². The summed E-state index contributed by atoms with van der Waals surface area (Å²) < 4.78 is 8.28. The van der Waals surface area contributed by atoms with E-state index in [2.05, 4.69) is 14.1 Å². The molecule has 8 heteroatoms. The first kappa shape index (κ1) is 18.5. The summed E-state index contributed by atoms with van der Waals surface area (Å²) in [6.45, 7) is 1.21. The number of likely N-dealkylation sites (tertiary alicyclic amines) is 1. The van der Waals surface area contributed by atoms with Crippen molar-refractivity contribution in [1.82, 2.24) is 13.6 Å². The summed E-state index contributed by atoms with van der Waals surface area (Å²) in [5.74, 6) is -0.153. The number of hydrogen-bond acceptors (Lipinski definition) is 6. The van der Waals surface area contributed by atoms with E-state index in [0.717, 1.165) is 22.8 Å². The van der Waals surface area contributed by atoms with E-state index in [9.17, 15) is 14.7 Å². The van der Waals surface area contributed by atoms with Crippen molar-refractivity contribution < 1.29 is 14.7 Å². The van der Waals surface area contributed by atoms with Crippen molar-refractivity contribution in [1.29, 1.82) is 0 Å². The highest BCUT2D eigenvalue weighted by molar-refractivity contribution is 7.00. The summed E-state index contributed by atoms with van der Waals surface area (Å²) in [4.78, 5) is 26.6. The van der Waals surface area contributed by atoms with Gasteiger partial charge in [-0.05, 0) is 48.7 Å². The molecule has 0 bridgehead atoms. The Bertz CT molecular complexity index is 994. The van der Waals surface area contributed by atoms with E-state index >= 15 is 0 Å². The fourth-order valence-electron chi connectivity index (χ4n) is 3.23. The minimum Gasteiger partial charge on any atom is -0.393 e. The topological polar surface area (TPSA) is 95.4 Å². The number of aliphatic hydroxyl groups is 1. The average molecular weight is 396 g/mol.